The van der Waals surface area contributed by atoms with Crippen LogP contribution in [0.3, 0.4) is 0 Å². The first-order valence-corrected chi connectivity index (χ1v) is 5.91. The highest BCUT2D eigenvalue weighted by Crippen LogP contribution is 2.17. The lowest BCUT2D eigenvalue weighted by molar-refractivity contribution is 0.619. The second kappa shape index (κ2) is 5.23. The van der Waals surface area contributed by atoms with Gasteiger partial charge in [-0.15, -0.1) is 0 Å². The Morgan fingerprint density at radius 3 is 2.88 bits per heavy atom. The molecular formula is C12H11BrFN3. The fourth-order valence-electron chi connectivity index (χ4n) is 1.39. The summed E-state index contributed by atoms with van der Waals surface area (Å²) in [5, 5.41) is 3.09. The van der Waals surface area contributed by atoms with Crippen molar-refractivity contribution in [3.05, 3.63) is 52.1 Å². The fourth-order valence-corrected chi connectivity index (χ4v) is 1.64. The Balaban J connectivity index is 2.05. The third kappa shape index (κ3) is 3.23. The van der Waals surface area contributed by atoms with Crippen LogP contribution in [0.4, 0.5) is 10.2 Å². The molecule has 1 aromatic carbocycles. The molecule has 0 bridgehead atoms. The van der Waals surface area contributed by atoms with E-state index in [4.69, 9.17) is 0 Å². The number of anilines is 1. The van der Waals surface area contributed by atoms with Crippen molar-refractivity contribution in [3.8, 4) is 0 Å². The Bertz CT molecular complexity index is 531. The maximum atomic E-state index is 13.3. The number of hydrogen-bond acceptors (Lipinski definition) is 3. The SMILES string of the molecule is Cc1cncc(NCc2ccc(Br)c(F)c2)n1. The summed E-state index contributed by atoms with van der Waals surface area (Å²) >= 11 is 3.12. The number of nitrogens with one attached hydrogen (secondary N) is 1. The number of nitrogens with zero attached hydrogens (tertiary/aromatic N) is 2. The molecule has 0 aliphatic rings. The molecule has 0 radical (unpaired) electrons. The summed E-state index contributed by atoms with van der Waals surface area (Å²) < 4.78 is 13.7. The van der Waals surface area contributed by atoms with Gasteiger partial charge in [0.25, 0.3) is 0 Å². The van der Waals surface area contributed by atoms with Crippen LogP contribution in [-0.2, 0) is 6.54 Å². The van der Waals surface area contributed by atoms with E-state index in [1.165, 1.54) is 6.07 Å². The summed E-state index contributed by atoms with van der Waals surface area (Å²) in [5.74, 6) is 0.424. The van der Waals surface area contributed by atoms with Gasteiger partial charge in [-0.1, -0.05) is 6.07 Å². The minimum absolute atomic E-state index is 0.264. The van der Waals surface area contributed by atoms with Crippen molar-refractivity contribution in [2.45, 2.75) is 13.5 Å². The highest BCUT2D eigenvalue weighted by molar-refractivity contribution is 9.10. The van der Waals surface area contributed by atoms with Crippen LogP contribution in [0, 0.1) is 12.7 Å². The molecule has 1 heterocycles. The highest BCUT2D eigenvalue weighted by atomic mass is 79.9. The standard InChI is InChI=1S/C12H11BrFN3/c1-8-5-15-7-12(17-8)16-6-9-2-3-10(13)11(14)4-9/h2-5,7H,6H2,1H3,(H,16,17). The van der Waals surface area contributed by atoms with Crippen LogP contribution in [0.15, 0.2) is 35.1 Å². The van der Waals surface area contributed by atoms with E-state index in [1.807, 2.05) is 13.0 Å². The minimum Gasteiger partial charge on any atom is -0.365 e. The molecule has 0 fully saturated rings. The molecular weight excluding hydrogens is 285 g/mol. The first kappa shape index (κ1) is 12.0. The molecule has 0 spiro atoms. The van der Waals surface area contributed by atoms with Crippen molar-refractivity contribution < 1.29 is 4.39 Å². The summed E-state index contributed by atoms with van der Waals surface area (Å²) in [7, 11) is 0. The number of halogens is 2. The predicted molar refractivity (Wildman–Crippen MR) is 68.2 cm³/mol. The minimum atomic E-state index is -0.264. The highest BCUT2D eigenvalue weighted by Gasteiger charge is 2.01. The maximum Gasteiger partial charge on any atom is 0.145 e. The van der Waals surface area contributed by atoms with Gasteiger partial charge in [-0.05, 0) is 40.5 Å². The number of aryl methyl sites for hydroxylation is 1. The molecule has 17 heavy (non-hydrogen) atoms. The van der Waals surface area contributed by atoms with E-state index in [2.05, 4.69) is 31.2 Å². The lowest BCUT2D eigenvalue weighted by atomic mass is 10.2. The maximum absolute atomic E-state index is 13.3. The first-order chi connectivity index (χ1) is 8.15. The molecule has 0 atom stereocenters. The Morgan fingerprint density at radius 1 is 1.35 bits per heavy atom. The Labute approximate surface area is 107 Å². The van der Waals surface area contributed by atoms with Crippen molar-refractivity contribution in [1.29, 1.82) is 0 Å². The van der Waals surface area contributed by atoms with E-state index in [-0.39, 0.29) is 5.82 Å². The van der Waals surface area contributed by atoms with Crippen molar-refractivity contribution in [2.75, 3.05) is 5.32 Å². The van der Waals surface area contributed by atoms with Crippen LogP contribution >= 0.6 is 15.9 Å². The molecule has 2 rings (SSSR count). The van der Waals surface area contributed by atoms with E-state index in [9.17, 15) is 4.39 Å². The van der Waals surface area contributed by atoms with Crippen LogP contribution in [-0.4, -0.2) is 9.97 Å². The quantitative estimate of drug-likeness (QED) is 0.944. The van der Waals surface area contributed by atoms with Gasteiger partial charge >= 0.3 is 0 Å². The topological polar surface area (TPSA) is 37.8 Å². The van der Waals surface area contributed by atoms with E-state index >= 15 is 0 Å². The van der Waals surface area contributed by atoms with Gasteiger partial charge in [-0.25, -0.2) is 9.37 Å². The Kier molecular flexibility index (Phi) is 3.68. The number of benzene rings is 1. The van der Waals surface area contributed by atoms with E-state index in [0.29, 0.717) is 16.8 Å². The molecule has 3 nitrogen and oxygen atoms in total. The molecule has 5 heteroatoms. The van der Waals surface area contributed by atoms with Crippen molar-refractivity contribution in [2.24, 2.45) is 0 Å². The molecule has 0 aliphatic heterocycles. The Hall–Kier alpha value is -1.49. The monoisotopic (exact) mass is 295 g/mol. The largest absolute Gasteiger partial charge is 0.365 e. The predicted octanol–water partition coefficient (Wildman–Crippen LogP) is 3.30. The normalized spacial score (nSPS) is 10.3. The molecule has 1 aromatic heterocycles. The molecule has 0 aliphatic carbocycles. The summed E-state index contributed by atoms with van der Waals surface area (Å²) in [6.07, 6.45) is 3.33. The molecule has 1 N–H and O–H groups in total. The summed E-state index contributed by atoms with van der Waals surface area (Å²) in [6, 6.07) is 5.03. The van der Waals surface area contributed by atoms with Gasteiger partial charge in [0, 0.05) is 12.7 Å². The van der Waals surface area contributed by atoms with Gasteiger partial charge in [-0.2, -0.15) is 0 Å². The van der Waals surface area contributed by atoms with Crippen molar-refractivity contribution >= 4 is 21.7 Å². The third-order valence-corrected chi connectivity index (χ3v) is 2.86. The van der Waals surface area contributed by atoms with Crippen LogP contribution in [0.1, 0.15) is 11.3 Å². The molecule has 88 valence electrons. The number of rotatable bonds is 3. The average Bonchev–Trinajstić information content (AvgIpc) is 2.31. The van der Waals surface area contributed by atoms with Crippen molar-refractivity contribution in [1.82, 2.24) is 9.97 Å². The Morgan fingerprint density at radius 2 is 2.18 bits per heavy atom. The van der Waals surface area contributed by atoms with Gasteiger partial charge in [0.05, 0.1) is 16.4 Å². The average molecular weight is 296 g/mol. The summed E-state index contributed by atoms with van der Waals surface area (Å²) in [4.78, 5) is 8.27. The van der Waals surface area contributed by atoms with Gasteiger partial charge in [0.1, 0.15) is 11.6 Å². The zero-order chi connectivity index (χ0) is 12.3. The molecule has 0 saturated heterocycles. The fraction of sp³-hybridized carbons (Fsp3) is 0.167. The lowest BCUT2D eigenvalue weighted by Gasteiger charge is -2.06. The smallest absolute Gasteiger partial charge is 0.145 e. The third-order valence-electron chi connectivity index (χ3n) is 2.21. The summed E-state index contributed by atoms with van der Waals surface area (Å²) in [6.45, 7) is 2.39. The van der Waals surface area contributed by atoms with Crippen LogP contribution in [0.25, 0.3) is 0 Å². The van der Waals surface area contributed by atoms with E-state index < -0.39 is 0 Å². The lowest BCUT2D eigenvalue weighted by Crippen LogP contribution is -2.02. The van der Waals surface area contributed by atoms with Crippen LogP contribution in [0.2, 0.25) is 0 Å². The molecule has 0 amide bonds. The number of aromatic nitrogens is 2. The molecule has 2 aromatic rings. The van der Waals surface area contributed by atoms with Gasteiger partial charge in [0.2, 0.25) is 0 Å². The summed E-state index contributed by atoms with van der Waals surface area (Å²) in [5.41, 5.74) is 1.70. The van der Waals surface area contributed by atoms with Crippen LogP contribution in [0.5, 0.6) is 0 Å². The van der Waals surface area contributed by atoms with Gasteiger partial charge in [0.15, 0.2) is 0 Å². The van der Waals surface area contributed by atoms with Gasteiger partial charge < -0.3 is 5.32 Å². The zero-order valence-electron chi connectivity index (χ0n) is 9.24. The second-order valence-electron chi connectivity index (χ2n) is 3.65. The number of hydrogen-bond donors (Lipinski definition) is 1. The second-order valence-corrected chi connectivity index (χ2v) is 4.50. The molecule has 0 unspecified atom stereocenters. The first-order valence-electron chi connectivity index (χ1n) is 5.11. The molecule has 0 saturated carbocycles. The zero-order valence-corrected chi connectivity index (χ0v) is 10.8. The van der Waals surface area contributed by atoms with Crippen molar-refractivity contribution in [3.63, 3.8) is 0 Å². The van der Waals surface area contributed by atoms with Gasteiger partial charge in [-0.3, -0.25) is 4.98 Å². The van der Waals surface area contributed by atoms with Crippen LogP contribution < -0.4 is 5.32 Å². The van der Waals surface area contributed by atoms with E-state index in [1.54, 1.807) is 18.5 Å². The van der Waals surface area contributed by atoms with E-state index in [0.717, 1.165) is 11.3 Å².